The molecular formula is C19H15NO2. The van der Waals surface area contributed by atoms with Gasteiger partial charge in [0.05, 0.1) is 4.92 Å². The number of nitro groups is 1. The second-order valence-electron chi connectivity index (χ2n) is 5.20. The van der Waals surface area contributed by atoms with Crippen molar-refractivity contribution in [2.75, 3.05) is 0 Å². The number of benzene rings is 3. The highest BCUT2D eigenvalue weighted by Crippen LogP contribution is 2.24. The van der Waals surface area contributed by atoms with Gasteiger partial charge in [-0.15, -0.1) is 0 Å². The largest absolute Gasteiger partial charge is 0.270 e. The van der Waals surface area contributed by atoms with Crippen molar-refractivity contribution >= 4 is 28.6 Å². The number of nitrogens with zero attached hydrogens (tertiary/aromatic N) is 1. The van der Waals surface area contributed by atoms with Crippen molar-refractivity contribution in [2.45, 2.75) is 6.92 Å². The van der Waals surface area contributed by atoms with Crippen molar-refractivity contribution in [1.29, 1.82) is 0 Å². The van der Waals surface area contributed by atoms with E-state index in [0.29, 0.717) is 0 Å². The van der Waals surface area contributed by atoms with Crippen LogP contribution in [0.3, 0.4) is 0 Å². The number of nitro benzene ring substituents is 1. The lowest BCUT2D eigenvalue weighted by Crippen LogP contribution is -1.87. The summed E-state index contributed by atoms with van der Waals surface area (Å²) < 4.78 is 0. The lowest BCUT2D eigenvalue weighted by atomic mass is 9.99. The summed E-state index contributed by atoms with van der Waals surface area (Å²) in [6, 6.07) is 19.1. The van der Waals surface area contributed by atoms with E-state index in [0.717, 1.165) is 11.1 Å². The van der Waals surface area contributed by atoms with Gasteiger partial charge in [0, 0.05) is 12.1 Å². The van der Waals surface area contributed by atoms with E-state index in [9.17, 15) is 10.1 Å². The molecule has 3 aromatic carbocycles. The number of hydrogen-bond donors (Lipinski definition) is 0. The van der Waals surface area contributed by atoms with Gasteiger partial charge in [-0.2, -0.15) is 0 Å². The number of fused-ring (bicyclic) bond motifs is 1. The normalized spacial score (nSPS) is 11.1. The van der Waals surface area contributed by atoms with Crippen molar-refractivity contribution in [2.24, 2.45) is 0 Å². The standard InChI is InChI=1S/C19H15NO2/c1-14-9-11-16(19-8-3-2-7-18(14)19)12-10-15-5-4-6-17(13-15)20(21)22/h2-13H,1H3/b12-10+. The minimum Gasteiger partial charge on any atom is -0.258 e. The third-order valence-electron chi connectivity index (χ3n) is 3.71. The summed E-state index contributed by atoms with van der Waals surface area (Å²) in [5.74, 6) is 0. The fourth-order valence-electron chi connectivity index (χ4n) is 2.55. The van der Waals surface area contributed by atoms with E-state index in [1.807, 2.05) is 30.4 Å². The molecule has 0 aliphatic carbocycles. The molecule has 3 rings (SSSR count). The summed E-state index contributed by atoms with van der Waals surface area (Å²) in [4.78, 5) is 10.4. The molecule has 0 bridgehead atoms. The van der Waals surface area contributed by atoms with E-state index in [1.165, 1.54) is 22.4 Å². The molecule has 0 N–H and O–H groups in total. The predicted octanol–water partition coefficient (Wildman–Crippen LogP) is 5.23. The minimum absolute atomic E-state index is 0.107. The topological polar surface area (TPSA) is 43.1 Å². The molecular weight excluding hydrogens is 274 g/mol. The molecule has 0 saturated carbocycles. The van der Waals surface area contributed by atoms with Gasteiger partial charge in [0.15, 0.2) is 0 Å². The molecule has 3 heteroatoms. The Balaban J connectivity index is 2.01. The van der Waals surface area contributed by atoms with Gasteiger partial charge in [-0.3, -0.25) is 10.1 Å². The van der Waals surface area contributed by atoms with Crippen molar-refractivity contribution in [1.82, 2.24) is 0 Å². The van der Waals surface area contributed by atoms with Gasteiger partial charge >= 0.3 is 0 Å². The molecule has 0 radical (unpaired) electrons. The highest BCUT2D eigenvalue weighted by atomic mass is 16.6. The molecule has 3 aromatic rings. The first-order chi connectivity index (χ1) is 10.6. The Morgan fingerprint density at radius 2 is 1.68 bits per heavy atom. The average Bonchev–Trinajstić information content (AvgIpc) is 2.55. The van der Waals surface area contributed by atoms with Gasteiger partial charge in [0.2, 0.25) is 0 Å². The summed E-state index contributed by atoms with van der Waals surface area (Å²) >= 11 is 0. The zero-order chi connectivity index (χ0) is 15.5. The maximum absolute atomic E-state index is 10.8. The third-order valence-corrected chi connectivity index (χ3v) is 3.71. The van der Waals surface area contributed by atoms with Crippen molar-refractivity contribution < 1.29 is 4.92 Å². The van der Waals surface area contributed by atoms with E-state index < -0.39 is 0 Å². The van der Waals surface area contributed by atoms with Gasteiger partial charge < -0.3 is 0 Å². The average molecular weight is 289 g/mol. The fraction of sp³-hybridized carbons (Fsp3) is 0.0526. The van der Waals surface area contributed by atoms with Crippen LogP contribution in [0.1, 0.15) is 16.7 Å². The van der Waals surface area contributed by atoms with Crippen LogP contribution in [0.15, 0.2) is 60.7 Å². The van der Waals surface area contributed by atoms with Gasteiger partial charge in [-0.05, 0) is 34.4 Å². The SMILES string of the molecule is Cc1ccc(/C=C/c2cccc([N+](=O)[O-])c2)c2ccccc12. The number of non-ortho nitro benzene ring substituents is 1. The Morgan fingerprint density at radius 1 is 0.909 bits per heavy atom. The smallest absolute Gasteiger partial charge is 0.258 e. The number of hydrogen-bond acceptors (Lipinski definition) is 2. The molecule has 108 valence electrons. The summed E-state index contributed by atoms with van der Waals surface area (Å²) in [5.41, 5.74) is 3.27. The second-order valence-corrected chi connectivity index (χ2v) is 5.20. The second kappa shape index (κ2) is 5.82. The summed E-state index contributed by atoms with van der Waals surface area (Å²) in [5, 5.41) is 13.2. The van der Waals surface area contributed by atoms with E-state index >= 15 is 0 Å². The molecule has 3 nitrogen and oxygen atoms in total. The van der Waals surface area contributed by atoms with Crippen LogP contribution >= 0.6 is 0 Å². The molecule has 0 saturated heterocycles. The Bertz CT molecular complexity index is 881. The van der Waals surface area contributed by atoms with Gasteiger partial charge in [-0.1, -0.05) is 60.7 Å². The highest BCUT2D eigenvalue weighted by Gasteiger charge is 2.04. The summed E-state index contributed by atoms with van der Waals surface area (Å²) in [6.07, 6.45) is 3.91. The number of aryl methyl sites for hydroxylation is 1. The zero-order valence-electron chi connectivity index (χ0n) is 12.2. The van der Waals surface area contributed by atoms with Gasteiger partial charge in [0.25, 0.3) is 5.69 Å². The van der Waals surface area contributed by atoms with Crippen LogP contribution in [0.5, 0.6) is 0 Å². The zero-order valence-corrected chi connectivity index (χ0v) is 12.2. The lowest BCUT2D eigenvalue weighted by molar-refractivity contribution is -0.384. The molecule has 0 spiro atoms. The molecule has 22 heavy (non-hydrogen) atoms. The van der Waals surface area contributed by atoms with Crippen LogP contribution < -0.4 is 0 Å². The van der Waals surface area contributed by atoms with Crippen molar-refractivity contribution in [3.63, 3.8) is 0 Å². The van der Waals surface area contributed by atoms with Crippen LogP contribution in [0.2, 0.25) is 0 Å². The fourth-order valence-corrected chi connectivity index (χ4v) is 2.55. The maximum atomic E-state index is 10.8. The molecule has 0 aromatic heterocycles. The quantitative estimate of drug-likeness (QED) is 0.376. The van der Waals surface area contributed by atoms with Crippen LogP contribution in [0, 0.1) is 17.0 Å². The Morgan fingerprint density at radius 3 is 2.45 bits per heavy atom. The van der Waals surface area contributed by atoms with E-state index in [1.54, 1.807) is 12.1 Å². The Kier molecular flexibility index (Phi) is 3.71. The maximum Gasteiger partial charge on any atom is 0.270 e. The van der Waals surface area contributed by atoms with Crippen LogP contribution in [-0.2, 0) is 0 Å². The van der Waals surface area contributed by atoms with Crippen LogP contribution in [0.25, 0.3) is 22.9 Å². The summed E-state index contributed by atoms with van der Waals surface area (Å²) in [6.45, 7) is 2.09. The Labute approximate surface area is 128 Å². The van der Waals surface area contributed by atoms with Crippen molar-refractivity contribution in [3.8, 4) is 0 Å². The molecule has 0 aliphatic heterocycles. The first-order valence-corrected chi connectivity index (χ1v) is 7.06. The van der Waals surface area contributed by atoms with Crippen molar-refractivity contribution in [3.05, 3.63) is 87.5 Å². The van der Waals surface area contributed by atoms with Gasteiger partial charge in [-0.25, -0.2) is 0 Å². The summed E-state index contributed by atoms with van der Waals surface area (Å²) in [7, 11) is 0. The molecule has 0 amide bonds. The highest BCUT2D eigenvalue weighted by molar-refractivity contribution is 5.94. The Hall–Kier alpha value is -2.94. The van der Waals surface area contributed by atoms with E-state index in [4.69, 9.17) is 0 Å². The monoisotopic (exact) mass is 289 g/mol. The molecule has 0 fully saturated rings. The first-order valence-electron chi connectivity index (χ1n) is 7.06. The van der Waals surface area contributed by atoms with E-state index in [2.05, 4.69) is 31.2 Å². The number of rotatable bonds is 3. The molecule has 0 unspecified atom stereocenters. The minimum atomic E-state index is -0.376. The first kappa shape index (κ1) is 14.0. The lowest BCUT2D eigenvalue weighted by Gasteiger charge is -2.05. The van der Waals surface area contributed by atoms with E-state index in [-0.39, 0.29) is 10.6 Å². The van der Waals surface area contributed by atoms with Crippen LogP contribution in [0.4, 0.5) is 5.69 Å². The van der Waals surface area contributed by atoms with Gasteiger partial charge in [0.1, 0.15) is 0 Å². The van der Waals surface area contributed by atoms with Crippen LogP contribution in [-0.4, -0.2) is 4.92 Å². The molecule has 0 aliphatic rings. The third kappa shape index (κ3) is 2.74. The predicted molar refractivity (Wildman–Crippen MR) is 90.7 cm³/mol. The molecule has 0 atom stereocenters. The molecule has 0 heterocycles.